The first-order chi connectivity index (χ1) is 10.9. The van der Waals surface area contributed by atoms with Crippen molar-refractivity contribution in [3.8, 4) is 11.5 Å². The Balaban J connectivity index is 1.90. The van der Waals surface area contributed by atoms with Crippen LogP contribution in [0.5, 0.6) is 11.5 Å². The van der Waals surface area contributed by atoms with E-state index in [-0.39, 0.29) is 11.5 Å². The smallest absolute Gasteiger partial charge is 0.419 e. The molecule has 0 amide bonds. The molecular formula is C17H22N2O4. The SMILES string of the molecule is COc1ccc(OCC(C)(C)C(C)OC(=O)n2ccnc2)cc1. The molecule has 0 N–H and O–H groups in total. The first-order valence-corrected chi connectivity index (χ1v) is 7.38. The Morgan fingerprint density at radius 1 is 1.26 bits per heavy atom. The zero-order valence-corrected chi connectivity index (χ0v) is 13.9. The third-order valence-corrected chi connectivity index (χ3v) is 3.76. The molecule has 0 bridgehead atoms. The number of nitrogens with zero attached hydrogens (tertiary/aromatic N) is 2. The van der Waals surface area contributed by atoms with Crippen LogP contribution >= 0.6 is 0 Å². The van der Waals surface area contributed by atoms with Crippen molar-refractivity contribution >= 4 is 6.09 Å². The van der Waals surface area contributed by atoms with Gasteiger partial charge >= 0.3 is 6.09 Å². The normalized spacial score (nSPS) is 12.5. The summed E-state index contributed by atoms with van der Waals surface area (Å²) in [7, 11) is 1.62. The molecule has 1 heterocycles. The van der Waals surface area contributed by atoms with E-state index in [1.165, 1.54) is 17.1 Å². The summed E-state index contributed by atoms with van der Waals surface area (Å²) < 4.78 is 17.7. The summed E-state index contributed by atoms with van der Waals surface area (Å²) in [6, 6.07) is 7.36. The van der Waals surface area contributed by atoms with Crippen molar-refractivity contribution in [2.75, 3.05) is 13.7 Å². The van der Waals surface area contributed by atoms with Crippen LogP contribution in [0.2, 0.25) is 0 Å². The molecule has 0 radical (unpaired) electrons. The second-order valence-electron chi connectivity index (χ2n) is 5.95. The van der Waals surface area contributed by atoms with Crippen LogP contribution in [0.3, 0.4) is 0 Å². The fourth-order valence-corrected chi connectivity index (χ4v) is 1.80. The Labute approximate surface area is 136 Å². The van der Waals surface area contributed by atoms with Gasteiger partial charge in [-0.05, 0) is 31.2 Å². The molecule has 0 spiro atoms. The van der Waals surface area contributed by atoms with E-state index in [0.29, 0.717) is 6.61 Å². The van der Waals surface area contributed by atoms with Crippen LogP contribution in [0, 0.1) is 5.41 Å². The highest BCUT2D eigenvalue weighted by Crippen LogP contribution is 2.26. The van der Waals surface area contributed by atoms with E-state index < -0.39 is 6.09 Å². The van der Waals surface area contributed by atoms with Gasteiger partial charge in [-0.1, -0.05) is 13.8 Å². The number of hydrogen-bond donors (Lipinski definition) is 0. The first-order valence-electron chi connectivity index (χ1n) is 7.38. The van der Waals surface area contributed by atoms with Crippen molar-refractivity contribution in [1.29, 1.82) is 0 Å². The number of aromatic nitrogens is 2. The van der Waals surface area contributed by atoms with E-state index in [2.05, 4.69) is 4.98 Å². The molecule has 1 atom stereocenters. The molecule has 0 aliphatic rings. The number of carbonyl (C=O) groups is 1. The molecule has 0 saturated heterocycles. The summed E-state index contributed by atoms with van der Waals surface area (Å²) in [6.07, 6.45) is 3.72. The second kappa shape index (κ2) is 7.17. The molecule has 2 rings (SSSR count). The monoisotopic (exact) mass is 318 g/mol. The predicted molar refractivity (Wildman–Crippen MR) is 85.8 cm³/mol. The first kappa shape index (κ1) is 16.9. The molecule has 124 valence electrons. The van der Waals surface area contributed by atoms with Gasteiger partial charge < -0.3 is 14.2 Å². The van der Waals surface area contributed by atoms with Crippen molar-refractivity contribution in [3.05, 3.63) is 43.0 Å². The van der Waals surface area contributed by atoms with Crippen LogP contribution in [0.4, 0.5) is 4.79 Å². The molecule has 2 aromatic rings. The van der Waals surface area contributed by atoms with Gasteiger partial charge in [-0.3, -0.25) is 0 Å². The van der Waals surface area contributed by atoms with Gasteiger partial charge in [-0.2, -0.15) is 0 Å². The van der Waals surface area contributed by atoms with Crippen molar-refractivity contribution in [2.45, 2.75) is 26.9 Å². The van der Waals surface area contributed by atoms with Crippen LogP contribution in [0.25, 0.3) is 0 Å². The molecule has 23 heavy (non-hydrogen) atoms. The molecule has 0 fully saturated rings. The molecule has 1 aromatic heterocycles. The van der Waals surface area contributed by atoms with Gasteiger partial charge in [0.25, 0.3) is 0 Å². The summed E-state index contributed by atoms with van der Waals surface area (Å²) in [5.41, 5.74) is -0.351. The number of benzene rings is 1. The number of hydrogen-bond acceptors (Lipinski definition) is 5. The molecule has 1 unspecified atom stereocenters. The molecule has 0 saturated carbocycles. The topological polar surface area (TPSA) is 62.6 Å². The average Bonchev–Trinajstić information content (AvgIpc) is 3.08. The Hall–Kier alpha value is -2.50. The molecule has 6 nitrogen and oxygen atoms in total. The minimum atomic E-state index is -0.451. The number of imidazole rings is 1. The minimum absolute atomic E-state index is 0.323. The highest BCUT2D eigenvalue weighted by Gasteiger charge is 2.30. The Morgan fingerprint density at radius 2 is 1.91 bits per heavy atom. The van der Waals surface area contributed by atoms with Crippen LogP contribution in [-0.2, 0) is 4.74 Å². The lowest BCUT2D eigenvalue weighted by Crippen LogP contribution is -2.37. The summed E-state index contributed by atoms with van der Waals surface area (Å²) in [6.45, 7) is 6.24. The lowest BCUT2D eigenvalue weighted by molar-refractivity contribution is 0.00973. The number of carbonyl (C=O) groups excluding carboxylic acids is 1. The molecule has 0 aliphatic heterocycles. The van der Waals surface area contributed by atoms with Gasteiger partial charge in [0.05, 0.1) is 13.7 Å². The van der Waals surface area contributed by atoms with Crippen molar-refractivity contribution < 1.29 is 19.0 Å². The van der Waals surface area contributed by atoms with E-state index >= 15 is 0 Å². The fraction of sp³-hybridized carbons (Fsp3) is 0.412. The van der Waals surface area contributed by atoms with Crippen molar-refractivity contribution in [1.82, 2.24) is 9.55 Å². The molecule has 0 aliphatic carbocycles. The zero-order chi connectivity index (χ0) is 16.9. The molecule has 6 heteroatoms. The van der Waals surface area contributed by atoms with Crippen LogP contribution in [0.15, 0.2) is 43.0 Å². The van der Waals surface area contributed by atoms with Gasteiger partial charge in [-0.25, -0.2) is 14.3 Å². The quantitative estimate of drug-likeness (QED) is 0.817. The van der Waals surface area contributed by atoms with Gasteiger partial charge in [0.15, 0.2) is 0 Å². The lowest BCUT2D eigenvalue weighted by atomic mass is 9.88. The van der Waals surface area contributed by atoms with Gasteiger partial charge in [0.2, 0.25) is 0 Å². The number of rotatable bonds is 6. The summed E-state index contributed by atoms with van der Waals surface area (Å²) >= 11 is 0. The van der Waals surface area contributed by atoms with E-state index in [9.17, 15) is 4.79 Å². The number of methoxy groups -OCH3 is 1. The van der Waals surface area contributed by atoms with E-state index in [4.69, 9.17) is 14.2 Å². The third-order valence-electron chi connectivity index (χ3n) is 3.76. The fourth-order valence-electron chi connectivity index (χ4n) is 1.80. The summed E-state index contributed by atoms with van der Waals surface area (Å²) in [4.78, 5) is 15.8. The van der Waals surface area contributed by atoms with Crippen molar-refractivity contribution in [3.63, 3.8) is 0 Å². The summed E-state index contributed by atoms with van der Waals surface area (Å²) in [5, 5.41) is 0. The third kappa shape index (κ3) is 4.48. The number of ether oxygens (including phenoxy) is 3. The highest BCUT2D eigenvalue weighted by molar-refractivity contribution is 5.70. The molecule has 1 aromatic carbocycles. The highest BCUT2D eigenvalue weighted by atomic mass is 16.6. The van der Waals surface area contributed by atoms with Crippen molar-refractivity contribution in [2.24, 2.45) is 5.41 Å². The zero-order valence-electron chi connectivity index (χ0n) is 13.9. The average molecular weight is 318 g/mol. The van der Waals surface area contributed by atoms with E-state index in [1.54, 1.807) is 13.3 Å². The Morgan fingerprint density at radius 3 is 2.48 bits per heavy atom. The maximum atomic E-state index is 12.0. The lowest BCUT2D eigenvalue weighted by Gasteiger charge is -2.31. The largest absolute Gasteiger partial charge is 0.497 e. The Kier molecular flexibility index (Phi) is 5.26. The minimum Gasteiger partial charge on any atom is -0.497 e. The van der Waals surface area contributed by atoms with E-state index in [1.807, 2.05) is 45.0 Å². The molecular weight excluding hydrogens is 296 g/mol. The predicted octanol–water partition coefficient (Wildman–Crippen LogP) is 3.37. The van der Waals surface area contributed by atoms with Gasteiger partial charge in [0, 0.05) is 17.8 Å². The standard InChI is InChI=1S/C17H22N2O4/c1-13(23-16(20)19-10-9-18-12-19)17(2,3)11-22-15-7-5-14(21-4)6-8-15/h5-10,12-13H,11H2,1-4H3. The second-order valence-corrected chi connectivity index (χ2v) is 5.95. The maximum absolute atomic E-state index is 12.0. The van der Waals surface area contributed by atoms with Gasteiger partial charge in [0.1, 0.15) is 23.9 Å². The van der Waals surface area contributed by atoms with Gasteiger partial charge in [-0.15, -0.1) is 0 Å². The van der Waals surface area contributed by atoms with Crippen LogP contribution in [0.1, 0.15) is 20.8 Å². The summed E-state index contributed by atoms with van der Waals surface area (Å²) in [5.74, 6) is 1.52. The van der Waals surface area contributed by atoms with Crippen LogP contribution < -0.4 is 9.47 Å². The maximum Gasteiger partial charge on any atom is 0.419 e. The van der Waals surface area contributed by atoms with E-state index in [0.717, 1.165) is 11.5 Å². The Bertz CT molecular complexity index is 621. The van der Waals surface area contributed by atoms with Crippen LogP contribution in [-0.4, -0.2) is 35.5 Å².